The van der Waals surface area contributed by atoms with Crippen LogP contribution in [0.4, 0.5) is 0 Å². The zero-order valence-electron chi connectivity index (χ0n) is 15.2. The summed E-state index contributed by atoms with van der Waals surface area (Å²) >= 11 is 0. The van der Waals surface area contributed by atoms with Crippen LogP contribution in [-0.2, 0) is 23.1 Å². The Morgan fingerprint density at radius 1 is 0.926 bits per heavy atom. The highest BCUT2D eigenvalue weighted by molar-refractivity contribution is 7.89. The summed E-state index contributed by atoms with van der Waals surface area (Å²) in [6.07, 6.45) is 2.91. The first-order chi connectivity index (χ1) is 13.0. The summed E-state index contributed by atoms with van der Waals surface area (Å²) in [7, 11) is -3.42. The molecule has 1 amide bonds. The van der Waals surface area contributed by atoms with E-state index in [1.807, 2.05) is 12.1 Å². The van der Waals surface area contributed by atoms with Crippen molar-refractivity contribution in [3.05, 3.63) is 65.2 Å². The van der Waals surface area contributed by atoms with Crippen molar-refractivity contribution in [2.24, 2.45) is 5.73 Å². The van der Waals surface area contributed by atoms with Crippen molar-refractivity contribution in [2.75, 3.05) is 13.1 Å². The SMILES string of the molecule is NCc1ccc(C(=O)NCc2ccc(S(=O)(=O)N3CCCCC3)cc2)cc1. The van der Waals surface area contributed by atoms with Gasteiger partial charge in [0.05, 0.1) is 4.90 Å². The molecule has 0 spiro atoms. The molecule has 144 valence electrons. The molecular weight excluding hydrogens is 362 g/mol. The average molecular weight is 388 g/mol. The molecule has 0 unspecified atom stereocenters. The van der Waals surface area contributed by atoms with Crippen LogP contribution in [0.5, 0.6) is 0 Å². The molecule has 1 fully saturated rings. The van der Waals surface area contributed by atoms with Gasteiger partial charge in [-0.2, -0.15) is 4.31 Å². The third-order valence-corrected chi connectivity index (χ3v) is 6.69. The minimum atomic E-state index is -3.42. The number of nitrogens with two attached hydrogens (primary N) is 1. The van der Waals surface area contributed by atoms with Gasteiger partial charge in [-0.15, -0.1) is 0 Å². The van der Waals surface area contributed by atoms with Crippen molar-refractivity contribution in [3.8, 4) is 0 Å². The van der Waals surface area contributed by atoms with Gasteiger partial charge < -0.3 is 11.1 Å². The summed E-state index contributed by atoms with van der Waals surface area (Å²) in [5, 5.41) is 2.84. The molecule has 0 aliphatic carbocycles. The van der Waals surface area contributed by atoms with Gasteiger partial charge >= 0.3 is 0 Å². The summed E-state index contributed by atoms with van der Waals surface area (Å²) in [6, 6.07) is 13.9. The van der Waals surface area contributed by atoms with Crippen molar-refractivity contribution < 1.29 is 13.2 Å². The molecule has 3 rings (SSSR count). The molecular formula is C20H25N3O3S. The van der Waals surface area contributed by atoms with Gasteiger partial charge in [-0.05, 0) is 48.2 Å². The zero-order valence-corrected chi connectivity index (χ0v) is 16.0. The zero-order chi connectivity index (χ0) is 19.3. The highest BCUT2D eigenvalue weighted by Crippen LogP contribution is 2.20. The van der Waals surface area contributed by atoms with E-state index >= 15 is 0 Å². The Labute approximate surface area is 160 Å². The highest BCUT2D eigenvalue weighted by atomic mass is 32.2. The lowest BCUT2D eigenvalue weighted by atomic mass is 10.1. The summed E-state index contributed by atoms with van der Waals surface area (Å²) < 4.78 is 26.9. The molecule has 1 saturated heterocycles. The monoisotopic (exact) mass is 387 g/mol. The number of nitrogens with zero attached hydrogens (tertiary/aromatic N) is 1. The Bertz CT molecular complexity index is 872. The van der Waals surface area contributed by atoms with Crippen molar-refractivity contribution in [1.29, 1.82) is 0 Å². The Kier molecular flexibility index (Phi) is 6.26. The number of hydrogen-bond donors (Lipinski definition) is 2. The maximum atomic E-state index is 12.6. The molecule has 0 bridgehead atoms. The third-order valence-electron chi connectivity index (χ3n) is 4.78. The summed E-state index contributed by atoms with van der Waals surface area (Å²) in [4.78, 5) is 12.5. The normalized spacial score (nSPS) is 15.4. The Morgan fingerprint density at radius 3 is 2.11 bits per heavy atom. The fourth-order valence-electron chi connectivity index (χ4n) is 3.11. The number of rotatable bonds is 6. The second kappa shape index (κ2) is 8.65. The lowest BCUT2D eigenvalue weighted by Gasteiger charge is -2.25. The number of sulfonamides is 1. The fourth-order valence-corrected chi connectivity index (χ4v) is 4.63. The van der Waals surface area contributed by atoms with Gasteiger partial charge in [0.15, 0.2) is 0 Å². The van der Waals surface area contributed by atoms with E-state index in [0.29, 0.717) is 36.6 Å². The van der Waals surface area contributed by atoms with Crippen LogP contribution >= 0.6 is 0 Å². The molecule has 1 heterocycles. The molecule has 0 atom stereocenters. The summed E-state index contributed by atoms with van der Waals surface area (Å²) in [5.74, 6) is -0.177. The molecule has 2 aromatic rings. The van der Waals surface area contributed by atoms with Crippen LogP contribution in [0.15, 0.2) is 53.4 Å². The van der Waals surface area contributed by atoms with Crippen LogP contribution in [0.2, 0.25) is 0 Å². The number of carbonyl (C=O) groups excluding carboxylic acids is 1. The number of nitrogens with one attached hydrogen (secondary N) is 1. The van der Waals surface area contributed by atoms with Gasteiger partial charge in [0.25, 0.3) is 5.91 Å². The van der Waals surface area contributed by atoms with E-state index < -0.39 is 10.0 Å². The van der Waals surface area contributed by atoms with Gasteiger partial charge in [0.1, 0.15) is 0 Å². The van der Waals surface area contributed by atoms with Gasteiger partial charge in [-0.1, -0.05) is 30.7 Å². The van der Waals surface area contributed by atoms with Gasteiger partial charge in [-0.25, -0.2) is 8.42 Å². The van der Waals surface area contributed by atoms with Crippen molar-refractivity contribution >= 4 is 15.9 Å². The Balaban J connectivity index is 1.61. The first kappa shape index (κ1) is 19.5. The molecule has 0 saturated carbocycles. The first-order valence-corrected chi connectivity index (χ1v) is 10.6. The van der Waals surface area contributed by atoms with Gasteiger partial charge in [0, 0.05) is 31.7 Å². The molecule has 6 nitrogen and oxygen atoms in total. The van der Waals surface area contributed by atoms with Crippen LogP contribution in [0.25, 0.3) is 0 Å². The largest absolute Gasteiger partial charge is 0.348 e. The smallest absolute Gasteiger partial charge is 0.251 e. The molecule has 7 heteroatoms. The maximum Gasteiger partial charge on any atom is 0.251 e. The van der Waals surface area contributed by atoms with E-state index in [0.717, 1.165) is 30.4 Å². The molecule has 2 aromatic carbocycles. The van der Waals surface area contributed by atoms with E-state index in [9.17, 15) is 13.2 Å². The fraction of sp³-hybridized carbons (Fsp3) is 0.350. The van der Waals surface area contributed by atoms with Crippen LogP contribution in [-0.4, -0.2) is 31.7 Å². The highest BCUT2D eigenvalue weighted by Gasteiger charge is 2.25. The number of piperidine rings is 1. The number of amides is 1. The first-order valence-electron chi connectivity index (χ1n) is 9.17. The molecule has 1 aliphatic rings. The summed E-state index contributed by atoms with van der Waals surface area (Å²) in [5.41, 5.74) is 7.94. The van der Waals surface area contributed by atoms with Crippen molar-refractivity contribution in [3.63, 3.8) is 0 Å². The van der Waals surface area contributed by atoms with Crippen LogP contribution in [0, 0.1) is 0 Å². The Morgan fingerprint density at radius 2 is 1.52 bits per heavy atom. The van der Waals surface area contributed by atoms with Gasteiger partial charge in [-0.3, -0.25) is 4.79 Å². The maximum absolute atomic E-state index is 12.6. The van der Waals surface area contributed by atoms with Crippen LogP contribution < -0.4 is 11.1 Å². The lowest BCUT2D eigenvalue weighted by Crippen LogP contribution is -2.35. The van der Waals surface area contributed by atoms with Crippen LogP contribution in [0.1, 0.15) is 40.7 Å². The van der Waals surface area contributed by atoms with E-state index in [2.05, 4.69) is 5.32 Å². The van der Waals surface area contributed by atoms with E-state index in [1.165, 1.54) is 0 Å². The number of carbonyl (C=O) groups is 1. The van der Waals surface area contributed by atoms with Gasteiger partial charge in [0.2, 0.25) is 10.0 Å². The van der Waals surface area contributed by atoms with E-state index in [4.69, 9.17) is 5.73 Å². The predicted molar refractivity (Wildman–Crippen MR) is 105 cm³/mol. The molecule has 0 radical (unpaired) electrons. The number of benzene rings is 2. The standard InChI is InChI=1S/C20H25N3O3S/c21-14-16-4-8-18(9-5-16)20(24)22-15-17-6-10-19(11-7-17)27(25,26)23-12-2-1-3-13-23/h4-11H,1-3,12-15,21H2,(H,22,24). The number of hydrogen-bond acceptors (Lipinski definition) is 4. The minimum Gasteiger partial charge on any atom is -0.348 e. The van der Waals surface area contributed by atoms with Crippen LogP contribution in [0.3, 0.4) is 0 Å². The molecule has 3 N–H and O–H groups in total. The molecule has 0 aromatic heterocycles. The molecule has 1 aliphatic heterocycles. The van der Waals surface area contributed by atoms with Crippen molar-refractivity contribution in [1.82, 2.24) is 9.62 Å². The average Bonchev–Trinajstić information content (AvgIpc) is 2.73. The summed E-state index contributed by atoms with van der Waals surface area (Å²) in [6.45, 7) is 1.95. The van der Waals surface area contributed by atoms with Crippen molar-refractivity contribution in [2.45, 2.75) is 37.2 Å². The Hall–Kier alpha value is -2.22. The van der Waals surface area contributed by atoms with E-state index in [-0.39, 0.29) is 5.91 Å². The second-order valence-corrected chi connectivity index (χ2v) is 8.63. The lowest BCUT2D eigenvalue weighted by molar-refractivity contribution is 0.0951. The second-order valence-electron chi connectivity index (χ2n) is 6.69. The predicted octanol–water partition coefficient (Wildman–Crippen LogP) is 2.25. The topological polar surface area (TPSA) is 92.5 Å². The third kappa shape index (κ3) is 4.74. The van der Waals surface area contributed by atoms with E-state index in [1.54, 1.807) is 40.7 Å². The molecule has 27 heavy (non-hydrogen) atoms. The quantitative estimate of drug-likeness (QED) is 0.795. The minimum absolute atomic E-state index is 0.177.